The summed E-state index contributed by atoms with van der Waals surface area (Å²) < 4.78 is 6.79. The number of carbonyl (C=O) groups is 1. The summed E-state index contributed by atoms with van der Waals surface area (Å²) in [4.78, 5) is 11.9. The minimum absolute atomic E-state index is 0.299. The Morgan fingerprint density at radius 2 is 2.05 bits per heavy atom. The summed E-state index contributed by atoms with van der Waals surface area (Å²) in [6, 6.07) is 0.412. The lowest BCUT2D eigenvalue weighted by Crippen LogP contribution is -2.33. The molecule has 1 atom stereocenters. The van der Waals surface area contributed by atoms with Crippen LogP contribution in [0.4, 0.5) is 0 Å². The van der Waals surface area contributed by atoms with Crippen LogP contribution in [-0.2, 0) is 18.3 Å². The van der Waals surface area contributed by atoms with Crippen molar-refractivity contribution >= 4 is 5.97 Å². The largest absolute Gasteiger partial charge is 0.462 e. The number of aryl methyl sites for hydroxylation is 1. The molecule has 0 amide bonds. The fraction of sp³-hybridized carbons (Fsp3) is 0.733. The van der Waals surface area contributed by atoms with Crippen LogP contribution in [0.1, 0.15) is 56.6 Å². The summed E-state index contributed by atoms with van der Waals surface area (Å²) in [5.74, 6) is 0.349. The van der Waals surface area contributed by atoms with Crippen molar-refractivity contribution in [2.45, 2.75) is 53.1 Å². The zero-order valence-corrected chi connectivity index (χ0v) is 13.3. The number of nitrogens with zero attached hydrogens (tertiary/aromatic N) is 2. The third-order valence-corrected chi connectivity index (χ3v) is 3.90. The number of ether oxygens (including phenoxy) is 1. The molecule has 1 unspecified atom stereocenters. The molecule has 0 bridgehead atoms. The molecule has 1 aromatic heterocycles. The van der Waals surface area contributed by atoms with E-state index in [1.807, 2.05) is 7.05 Å². The van der Waals surface area contributed by atoms with E-state index in [0.29, 0.717) is 30.7 Å². The maximum absolute atomic E-state index is 11.9. The average molecular weight is 281 g/mol. The van der Waals surface area contributed by atoms with Gasteiger partial charge in [-0.2, -0.15) is 5.10 Å². The molecule has 20 heavy (non-hydrogen) atoms. The lowest BCUT2D eigenvalue weighted by Gasteiger charge is -2.22. The molecule has 0 aromatic carbocycles. The predicted octanol–water partition coefficient (Wildman–Crippen LogP) is 2.51. The van der Waals surface area contributed by atoms with E-state index in [-0.39, 0.29) is 5.97 Å². The summed E-state index contributed by atoms with van der Waals surface area (Å²) >= 11 is 0. The van der Waals surface area contributed by atoms with Gasteiger partial charge >= 0.3 is 5.97 Å². The second-order valence-electron chi connectivity index (χ2n) is 5.10. The molecule has 1 heterocycles. The number of hydrogen-bond donors (Lipinski definition) is 1. The second-order valence-corrected chi connectivity index (χ2v) is 5.10. The Morgan fingerprint density at radius 1 is 1.40 bits per heavy atom. The van der Waals surface area contributed by atoms with Gasteiger partial charge in [0, 0.05) is 19.6 Å². The molecule has 0 aliphatic carbocycles. The van der Waals surface area contributed by atoms with Gasteiger partial charge in [0.15, 0.2) is 0 Å². The molecule has 0 fully saturated rings. The van der Waals surface area contributed by atoms with Gasteiger partial charge in [-0.3, -0.25) is 4.68 Å². The van der Waals surface area contributed by atoms with Gasteiger partial charge in [-0.15, -0.1) is 0 Å². The molecular weight excluding hydrogens is 254 g/mol. The van der Waals surface area contributed by atoms with Crippen LogP contribution in [-0.4, -0.2) is 28.4 Å². The van der Waals surface area contributed by atoms with Gasteiger partial charge in [-0.05, 0) is 19.8 Å². The summed E-state index contributed by atoms with van der Waals surface area (Å²) in [5.41, 5.74) is 1.43. The highest BCUT2D eigenvalue weighted by Crippen LogP contribution is 2.15. The van der Waals surface area contributed by atoms with E-state index in [2.05, 4.69) is 31.2 Å². The molecule has 0 aliphatic heterocycles. The van der Waals surface area contributed by atoms with Gasteiger partial charge in [-0.1, -0.05) is 26.7 Å². The molecule has 0 saturated carbocycles. The summed E-state index contributed by atoms with van der Waals surface area (Å²) in [7, 11) is 1.85. The van der Waals surface area contributed by atoms with E-state index >= 15 is 0 Å². The smallest absolute Gasteiger partial charge is 0.341 e. The Hall–Kier alpha value is -1.36. The predicted molar refractivity (Wildman–Crippen MR) is 79.5 cm³/mol. The van der Waals surface area contributed by atoms with Crippen LogP contribution >= 0.6 is 0 Å². The molecule has 0 spiro atoms. The Balaban J connectivity index is 2.72. The Bertz CT molecular complexity index is 425. The summed E-state index contributed by atoms with van der Waals surface area (Å²) in [5, 5.41) is 7.66. The van der Waals surface area contributed by atoms with E-state index in [1.54, 1.807) is 17.8 Å². The van der Waals surface area contributed by atoms with Crippen LogP contribution in [0.25, 0.3) is 0 Å². The quantitative estimate of drug-likeness (QED) is 0.744. The van der Waals surface area contributed by atoms with Gasteiger partial charge in [-0.25, -0.2) is 4.79 Å². The van der Waals surface area contributed by atoms with E-state index in [9.17, 15) is 4.79 Å². The monoisotopic (exact) mass is 281 g/mol. The third-order valence-electron chi connectivity index (χ3n) is 3.90. The molecule has 0 aliphatic rings. The number of aromatic nitrogens is 2. The Kier molecular flexibility index (Phi) is 6.71. The van der Waals surface area contributed by atoms with E-state index in [4.69, 9.17) is 4.74 Å². The highest BCUT2D eigenvalue weighted by atomic mass is 16.5. The van der Waals surface area contributed by atoms with Crippen molar-refractivity contribution in [2.75, 3.05) is 6.61 Å². The normalized spacial score (nSPS) is 12.7. The first-order chi connectivity index (χ1) is 9.54. The standard InChI is InChI=1S/C15H27N3O2/c1-6-12(7-2)11(4)16-10-14-13(9-17-18(14)5)15(19)20-8-3/h9,11-12,16H,6-8,10H2,1-5H3. The Labute approximate surface area is 121 Å². The van der Waals surface area contributed by atoms with Crippen LogP contribution < -0.4 is 5.32 Å². The van der Waals surface area contributed by atoms with Crippen molar-refractivity contribution in [3.05, 3.63) is 17.5 Å². The SMILES string of the molecule is CCOC(=O)c1cnn(C)c1CNC(C)C(CC)CC. The highest BCUT2D eigenvalue weighted by Gasteiger charge is 2.19. The maximum Gasteiger partial charge on any atom is 0.341 e. The van der Waals surface area contributed by atoms with E-state index < -0.39 is 0 Å². The number of rotatable bonds is 8. The van der Waals surface area contributed by atoms with Crippen molar-refractivity contribution in [2.24, 2.45) is 13.0 Å². The molecule has 1 N–H and O–H groups in total. The van der Waals surface area contributed by atoms with Crippen LogP contribution in [0.5, 0.6) is 0 Å². The zero-order valence-electron chi connectivity index (χ0n) is 13.3. The van der Waals surface area contributed by atoms with Crippen molar-refractivity contribution < 1.29 is 9.53 Å². The van der Waals surface area contributed by atoms with Gasteiger partial charge < -0.3 is 10.1 Å². The second kappa shape index (κ2) is 8.04. The number of hydrogen-bond acceptors (Lipinski definition) is 4. The fourth-order valence-corrected chi connectivity index (χ4v) is 2.47. The Morgan fingerprint density at radius 3 is 2.60 bits per heavy atom. The minimum Gasteiger partial charge on any atom is -0.462 e. The molecule has 5 nitrogen and oxygen atoms in total. The van der Waals surface area contributed by atoms with Crippen molar-refractivity contribution in [1.82, 2.24) is 15.1 Å². The van der Waals surface area contributed by atoms with Crippen LogP contribution in [0.3, 0.4) is 0 Å². The van der Waals surface area contributed by atoms with E-state index in [1.165, 1.54) is 0 Å². The zero-order chi connectivity index (χ0) is 15.1. The molecule has 114 valence electrons. The minimum atomic E-state index is -0.299. The lowest BCUT2D eigenvalue weighted by atomic mass is 9.95. The molecule has 0 saturated heterocycles. The van der Waals surface area contributed by atoms with Crippen molar-refractivity contribution in [3.8, 4) is 0 Å². The van der Waals surface area contributed by atoms with Crippen molar-refractivity contribution in [1.29, 1.82) is 0 Å². The van der Waals surface area contributed by atoms with Gasteiger partial charge in [0.05, 0.1) is 18.5 Å². The summed E-state index contributed by atoms with van der Waals surface area (Å²) in [6.07, 6.45) is 3.89. The highest BCUT2D eigenvalue weighted by molar-refractivity contribution is 5.90. The first-order valence-corrected chi connectivity index (χ1v) is 7.46. The molecule has 0 radical (unpaired) electrons. The molecule has 1 aromatic rings. The van der Waals surface area contributed by atoms with Gasteiger partial charge in [0.2, 0.25) is 0 Å². The first kappa shape index (κ1) is 16.7. The third kappa shape index (κ3) is 4.07. The maximum atomic E-state index is 11.9. The molecule has 1 rings (SSSR count). The van der Waals surface area contributed by atoms with Crippen LogP contribution in [0, 0.1) is 5.92 Å². The van der Waals surface area contributed by atoms with Gasteiger partial charge in [0.25, 0.3) is 0 Å². The summed E-state index contributed by atoms with van der Waals surface area (Å²) in [6.45, 7) is 9.42. The molecule has 5 heteroatoms. The number of nitrogens with one attached hydrogen (secondary N) is 1. The first-order valence-electron chi connectivity index (χ1n) is 7.46. The van der Waals surface area contributed by atoms with Gasteiger partial charge in [0.1, 0.15) is 5.56 Å². The fourth-order valence-electron chi connectivity index (χ4n) is 2.47. The van der Waals surface area contributed by atoms with Crippen molar-refractivity contribution in [3.63, 3.8) is 0 Å². The average Bonchev–Trinajstić information content (AvgIpc) is 2.79. The molecular formula is C15H27N3O2. The van der Waals surface area contributed by atoms with Crippen LogP contribution in [0.2, 0.25) is 0 Å². The number of carbonyl (C=O) groups excluding carboxylic acids is 1. The van der Waals surface area contributed by atoms with Crippen LogP contribution in [0.15, 0.2) is 6.20 Å². The number of esters is 1. The lowest BCUT2D eigenvalue weighted by molar-refractivity contribution is 0.0524. The topological polar surface area (TPSA) is 56.1 Å². The van der Waals surface area contributed by atoms with E-state index in [0.717, 1.165) is 18.5 Å².